The minimum absolute atomic E-state index is 0.0923. The molecule has 0 spiro atoms. The van der Waals surface area contributed by atoms with Crippen LogP contribution >= 0.6 is 15.6 Å². The van der Waals surface area contributed by atoms with E-state index in [-0.39, 0.29) is 18.7 Å². The number of aliphatic hydroxyl groups is 3. The average molecular weight is 1130 g/mol. The van der Waals surface area contributed by atoms with Gasteiger partial charge in [0.25, 0.3) is 0 Å². The number of phosphoric ester groups is 2. The minimum atomic E-state index is -5.45. The smallest absolute Gasteiger partial charge is 0.462 e. The van der Waals surface area contributed by atoms with Gasteiger partial charge in [-0.1, -0.05) is 196 Å². The van der Waals surface area contributed by atoms with Crippen molar-refractivity contribution in [1.29, 1.82) is 0 Å². The van der Waals surface area contributed by atoms with E-state index >= 15 is 0 Å². The van der Waals surface area contributed by atoms with E-state index in [0.29, 0.717) is 25.7 Å². The summed E-state index contributed by atoms with van der Waals surface area (Å²) in [6.07, 6.45) is 40.4. The van der Waals surface area contributed by atoms with Crippen LogP contribution in [0, 0.1) is 5.92 Å². The third kappa shape index (κ3) is 35.4. The Kier molecular flexibility index (Phi) is 37.9. The summed E-state index contributed by atoms with van der Waals surface area (Å²) in [6, 6.07) is 1.24. The fraction of sp³-hybridized carbons (Fsp3) is 0.679. The Hall–Kier alpha value is -3.84. The number of esters is 2. The summed E-state index contributed by atoms with van der Waals surface area (Å²) in [5.41, 5.74) is 4.59. The highest BCUT2D eigenvalue weighted by molar-refractivity contribution is 7.61. The third-order valence-corrected chi connectivity index (χ3v) is 14.9. The molecule has 77 heavy (non-hydrogen) atoms. The molecule has 1 aromatic heterocycles. The van der Waals surface area contributed by atoms with E-state index < -0.39 is 89.8 Å². The Labute approximate surface area is 457 Å². The highest BCUT2D eigenvalue weighted by atomic mass is 31.3. The van der Waals surface area contributed by atoms with Gasteiger partial charge in [0.1, 0.15) is 30.7 Å². The Morgan fingerprint density at radius 3 is 1.87 bits per heavy atom. The van der Waals surface area contributed by atoms with Crippen molar-refractivity contribution in [3.63, 3.8) is 0 Å². The van der Waals surface area contributed by atoms with Crippen molar-refractivity contribution >= 4 is 33.4 Å². The second-order valence-electron chi connectivity index (χ2n) is 19.7. The van der Waals surface area contributed by atoms with E-state index in [1.54, 1.807) is 12.2 Å². The third-order valence-electron chi connectivity index (χ3n) is 12.3. The largest absolute Gasteiger partial charge is 0.481 e. The van der Waals surface area contributed by atoms with E-state index in [4.69, 9.17) is 29.0 Å². The number of anilines is 1. The number of carbonyl (C=O) groups is 2. The first-order valence-corrected chi connectivity index (χ1v) is 30.9. The van der Waals surface area contributed by atoms with Crippen molar-refractivity contribution in [2.75, 3.05) is 25.6 Å². The zero-order valence-electron chi connectivity index (χ0n) is 46.0. The van der Waals surface area contributed by atoms with Gasteiger partial charge in [0.15, 0.2) is 12.3 Å². The SMILES string of the molecule is CC/C=C\CC(O)/C=C/C=C/C/C=C\C/C=C\C/C=C\CCC(=O)O[C@H](COC(=O)CCCCCCCCCCCCCCCCCCC(C)C)COP(=O)(O)OP(=O)(O)OC[C@H]1O[C@@H](n2ccc(N)nc2=O)[C@H](O)[C@@H]1O. The van der Waals surface area contributed by atoms with Crippen LogP contribution in [0.15, 0.2) is 90.0 Å². The molecule has 1 aliphatic heterocycles. The van der Waals surface area contributed by atoms with Gasteiger partial charge in [-0.15, -0.1) is 0 Å². The number of nitrogen functional groups attached to an aromatic ring is 1. The number of nitrogens with two attached hydrogens (primary N) is 1. The van der Waals surface area contributed by atoms with Gasteiger partial charge in [-0.25, -0.2) is 13.9 Å². The number of aromatic nitrogens is 2. The molecule has 0 saturated carbocycles. The number of ether oxygens (including phenoxy) is 3. The molecule has 2 heterocycles. The van der Waals surface area contributed by atoms with Crippen molar-refractivity contribution in [2.24, 2.45) is 5.92 Å². The molecule has 0 aromatic carbocycles. The topological polar surface area (TPSA) is 286 Å². The number of carbonyl (C=O) groups excluding carboxylic acids is 2. The summed E-state index contributed by atoms with van der Waals surface area (Å²) in [7, 11) is -10.9. The van der Waals surface area contributed by atoms with Gasteiger partial charge in [-0.3, -0.25) is 23.2 Å². The molecule has 0 amide bonds. The standard InChI is InChI=1S/C56H93N3O16P2/c1-4-5-31-37-47(60)38-33-28-24-20-16-12-10-14-18-22-26-30-35-40-52(62)73-48(43-70-51(61)39-34-29-25-21-17-13-9-7-6-8-11-15-19-23-27-32-36-46(2)3)44-71-76(66,67)75-77(68,69)72-45-49-53(63)54(64)55(74-49)59-42-41-50(57)58-56(59)65/h5,12,14,16,18,24,26,28,30-31,33,38,41-42,46-49,53-55,60,63-64H,4,6-11,13,15,17,19-23,25,27,29,32,34-37,39-40,43-45H2,1-3H3,(H,66,67)(H,68,69)(H2,57,58,65)/b16-12-,18-14-,28-24+,30-26-,31-5-,38-33+/t47?,48-,49-,53-,54-,55-/m1/s1. The first kappa shape index (κ1) is 69.3. The lowest BCUT2D eigenvalue weighted by molar-refractivity contribution is -0.161. The second kappa shape index (κ2) is 42.1. The number of unbranched alkanes of at least 4 members (excludes halogenated alkanes) is 15. The number of hydrogen-bond acceptors (Lipinski definition) is 16. The molecular formula is C56H93N3O16P2. The summed E-state index contributed by atoms with van der Waals surface area (Å²) in [5, 5.41) is 30.8. The molecule has 0 aliphatic carbocycles. The number of hydrogen-bond donors (Lipinski definition) is 6. The lowest BCUT2D eigenvalue weighted by Gasteiger charge is -2.21. The van der Waals surface area contributed by atoms with Crippen LogP contribution in [0.2, 0.25) is 0 Å². The van der Waals surface area contributed by atoms with Crippen molar-refractivity contribution in [3.05, 3.63) is 95.7 Å². The summed E-state index contributed by atoms with van der Waals surface area (Å²) in [5.74, 6) is -0.615. The van der Waals surface area contributed by atoms with Gasteiger partial charge in [-0.2, -0.15) is 9.29 Å². The Bertz CT molecular complexity index is 2110. The lowest BCUT2D eigenvalue weighted by Crippen LogP contribution is -2.36. The molecule has 438 valence electrons. The van der Waals surface area contributed by atoms with Crippen LogP contribution in [-0.4, -0.2) is 96.9 Å². The summed E-state index contributed by atoms with van der Waals surface area (Å²) in [6.45, 7) is 4.23. The monoisotopic (exact) mass is 1130 g/mol. The highest BCUT2D eigenvalue weighted by Crippen LogP contribution is 2.60. The van der Waals surface area contributed by atoms with Gasteiger partial charge in [0.2, 0.25) is 0 Å². The van der Waals surface area contributed by atoms with Crippen molar-refractivity contribution in [1.82, 2.24) is 9.55 Å². The highest BCUT2D eigenvalue weighted by Gasteiger charge is 2.46. The first-order valence-electron chi connectivity index (χ1n) is 27.9. The zero-order chi connectivity index (χ0) is 56.6. The summed E-state index contributed by atoms with van der Waals surface area (Å²) < 4.78 is 56.8. The quantitative estimate of drug-likeness (QED) is 0.0116. The molecule has 1 aliphatic rings. The number of phosphoric acid groups is 2. The van der Waals surface area contributed by atoms with Gasteiger partial charge in [0.05, 0.1) is 19.3 Å². The Morgan fingerprint density at radius 2 is 1.29 bits per heavy atom. The lowest BCUT2D eigenvalue weighted by atomic mass is 10.0. The maximum atomic E-state index is 12.9. The Morgan fingerprint density at radius 1 is 0.727 bits per heavy atom. The van der Waals surface area contributed by atoms with Crippen molar-refractivity contribution in [3.8, 4) is 0 Å². The molecule has 8 atom stereocenters. The normalized spacial score (nSPS) is 19.6. The van der Waals surface area contributed by atoms with Crippen LogP contribution in [0.5, 0.6) is 0 Å². The van der Waals surface area contributed by atoms with Crippen LogP contribution in [-0.2, 0) is 46.3 Å². The zero-order valence-corrected chi connectivity index (χ0v) is 47.8. The minimum Gasteiger partial charge on any atom is -0.462 e. The summed E-state index contributed by atoms with van der Waals surface area (Å²) in [4.78, 5) is 62.1. The van der Waals surface area contributed by atoms with Gasteiger partial charge >= 0.3 is 33.3 Å². The van der Waals surface area contributed by atoms with Crippen molar-refractivity contribution < 1.29 is 71.4 Å². The fourth-order valence-corrected chi connectivity index (χ4v) is 10.1. The molecule has 0 bridgehead atoms. The maximum Gasteiger partial charge on any atom is 0.481 e. The van der Waals surface area contributed by atoms with Gasteiger partial charge < -0.3 is 45.1 Å². The van der Waals surface area contributed by atoms with Crippen LogP contribution in [0.25, 0.3) is 0 Å². The predicted octanol–water partition coefficient (Wildman–Crippen LogP) is 11.3. The second-order valence-corrected chi connectivity index (χ2v) is 22.8. The van der Waals surface area contributed by atoms with Crippen LogP contribution < -0.4 is 11.4 Å². The molecule has 3 unspecified atom stereocenters. The van der Waals surface area contributed by atoms with E-state index in [1.165, 1.54) is 83.1 Å². The van der Waals surface area contributed by atoms with E-state index in [2.05, 4.69) is 23.1 Å². The molecule has 1 aromatic rings. The van der Waals surface area contributed by atoms with Crippen LogP contribution in [0.3, 0.4) is 0 Å². The molecule has 0 radical (unpaired) electrons. The molecule has 21 heteroatoms. The number of rotatable bonds is 45. The number of aliphatic hydroxyl groups excluding tert-OH is 3. The van der Waals surface area contributed by atoms with E-state index in [0.717, 1.165) is 61.6 Å². The van der Waals surface area contributed by atoms with Crippen LogP contribution in [0.1, 0.15) is 188 Å². The predicted molar refractivity (Wildman–Crippen MR) is 299 cm³/mol. The van der Waals surface area contributed by atoms with Gasteiger partial charge in [0, 0.05) is 19.0 Å². The van der Waals surface area contributed by atoms with Gasteiger partial charge in [-0.05, 0) is 56.9 Å². The first-order chi connectivity index (χ1) is 36.9. The molecule has 1 fully saturated rings. The molecular weight excluding hydrogens is 1030 g/mol. The van der Waals surface area contributed by atoms with Crippen molar-refractivity contribution in [2.45, 2.75) is 218 Å². The van der Waals surface area contributed by atoms with E-state index in [1.807, 2.05) is 67.7 Å². The molecule has 19 nitrogen and oxygen atoms in total. The number of nitrogens with zero attached hydrogens (tertiary/aromatic N) is 2. The maximum absolute atomic E-state index is 12.9. The fourth-order valence-electron chi connectivity index (χ4n) is 8.02. The Balaban J connectivity index is 1.80. The average Bonchev–Trinajstić information content (AvgIpc) is 3.66. The van der Waals surface area contributed by atoms with Crippen LogP contribution in [0.4, 0.5) is 5.82 Å². The van der Waals surface area contributed by atoms with E-state index in [9.17, 15) is 48.6 Å². The number of allylic oxidation sites excluding steroid dienone is 10. The molecule has 1 saturated heterocycles. The summed E-state index contributed by atoms with van der Waals surface area (Å²) >= 11 is 0. The molecule has 7 N–H and O–H groups in total. The molecule has 2 rings (SSSR count).